The fraction of sp³-hybridized carbons (Fsp3) is 0.500. The molecule has 0 fully saturated rings. The van der Waals surface area contributed by atoms with Crippen LogP contribution in [-0.4, -0.2) is 29.5 Å². The summed E-state index contributed by atoms with van der Waals surface area (Å²) in [6.45, 7) is 4.18. The Morgan fingerprint density at radius 1 is 1.26 bits per heavy atom. The third-order valence-electron chi connectivity index (χ3n) is 3.67. The highest BCUT2D eigenvalue weighted by molar-refractivity contribution is 5.83. The molecule has 2 rings (SSSR count). The normalized spacial score (nSPS) is 14.2. The molecule has 3 nitrogen and oxygen atoms in total. The number of nitrogens with two attached hydrogens (primary N) is 1. The first kappa shape index (κ1) is 14.1. The highest BCUT2D eigenvalue weighted by Crippen LogP contribution is 2.31. The lowest BCUT2D eigenvalue weighted by molar-refractivity contribution is 0.263. The van der Waals surface area contributed by atoms with Gasteiger partial charge in [-0.25, -0.2) is 0 Å². The van der Waals surface area contributed by atoms with Gasteiger partial charge in [0.05, 0.1) is 0 Å². The predicted octanol–water partition coefficient (Wildman–Crippen LogP) is 3.29. The summed E-state index contributed by atoms with van der Waals surface area (Å²) in [7, 11) is 4.27. The Kier molecular flexibility index (Phi) is 3.97. The fourth-order valence-electron chi connectivity index (χ4n) is 2.57. The Morgan fingerprint density at radius 2 is 1.95 bits per heavy atom. The first-order valence-electron chi connectivity index (χ1n) is 6.90. The zero-order valence-electron chi connectivity index (χ0n) is 12.4. The Labute approximate surface area is 115 Å². The molecule has 0 saturated carbocycles. The molecule has 0 radical (unpaired) electrons. The molecule has 0 amide bonds. The monoisotopic (exact) mass is 259 g/mol. The van der Waals surface area contributed by atoms with E-state index < -0.39 is 0 Å². The average Bonchev–Trinajstić information content (AvgIpc) is 2.72. The molecule has 0 aliphatic rings. The molecule has 1 atom stereocenters. The molecule has 0 aliphatic heterocycles. The Hall–Kier alpha value is -1.32. The van der Waals surface area contributed by atoms with Crippen LogP contribution in [0.25, 0.3) is 10.9 Å². The molecular formula is C16H25N3. The number of aromatic nitrogens is 1. The van der Waals surface area contributed by atoms with Gasteiger partial charge < -0.3 is 15.6 Å². The van der Waals surface area contributed by atoms with E-state index in [-0.39, 0.29) is 5.54 Å². The molecule has 1 aromatic heterocycles. The van der Waals surface area contributed by atoms with Crippen LogP contribution in [-0.2, 0) is 0 Å². The lowest BCUT2D eigenvalue weighted by atomic mass is 9.93. The molecule has 0 saturated heterocycles. The Balaban J connectivity index is 2.29. The van der Waals surface area contributed by atoms with Crippen molar-refractivity contribution in [2.75, 3.05) is 14.1 Å². The Morgan fingerprint density at radius 3 is 2.58 bits per heavy atom. The van der Waals surface area contributed by atoms with Gasteiger partial charge in [-0.05, 0) is 52.4 Å². The average molecular weight is 259 g/mol. The molecule has 0 spiro atoms. The highest BCUT2D eigenvalue weighted by Gasteiger charge is 2.21. The summed E-state index contributed by atoms with van der Waals surface area (Å²) in [4.78, 5) is 5.64. The number of H-pyrrole nitrogens is 1. The fourth-order valence-corrected chi connectivity index (χ4v) is 2.57. The van der Waals surface area contributed by atoms with Crippen molar-refractivity contribution >= 4 is 10.9 Å². The number of nitrogens with one attached hydrogen (secondary N) is 1. The molecule has 2 aromatic rings. The minimum Gasteiger partial charge on any atom is -0.361 e. The van der Waals surface area contributed by atoms with Gasteiger partial charge in [-0.15, -0.1) is 0 Å². The second kappa shape index (κ2) is 5.35. The van der Waals surface area contributed by atoms with Crippen LogP contribution in [0.5, 0.6) is 0 Å². The molecule has 104 valence electrons. The van der Waals surface area contributed by atoms with Crippen LogP contribution in [0.3, 0.4) is 0 Å². The zero-order chi connectivity index (χ0) is 14.0. The summed E-state index contributed by atoms with van der Waals surface area (Å²) in [6.07, 6.45) is 4.21. The maximum Gasteiger partial charge on any atom is 0.0457 e. The highest BCUT2D eigenvalue weighted by atomic mass is 15.1. The number of para-hydroxylation sites is 1. The van der Waals surface area contributed by atoms with Crippen LogP contribution in [0.2, 0.25) is 0 Å². The third kappa shape index (κ3) is 3.37. The summed E-state index contributed by atoms with van der Waals surface area (Å²) in [5, 5.41) is 1.32. The van der Waals surface area contributed by atoms with Crippen molar-refractivity contribution < 1.29 is 0 Å². The molecule has 1 heterocycles. The lowest BCUT2D eigenvalue weighted by Gasteiger charge is -2.28. The molecule has 19 heavy (non-hydrogen) atoms. The summed E-state index contributed by atoms with van der Waals surface area (Å²) < 4.78 is 0. The van der Waals surface area contributed by atoms with Crippen LogP contribution in [0.1, 0.15) is 38.3 Å². The molecule has 1 aromatic carbocycles. The van der Waals surface area contributed by atoms with Crippen LogP contribution >= 0.6 is 0 Å². The molecule has 3 heteroatoms. The van der Waals surface area contributed by atoms with Gasteiger partial charge in [0.2, 0.25) is 0 Å². The summed E-state index contributed by atoms with van der Waals surface area (Å²) in [6, 6.07) is 8.87. The van der Waals surface area contributed by atoms with Crippen molar-refractivity contribution in [2.45, 2.75) is 38.3 Å². The van der Waals surface area contributed by atoms with Crippen molar-refractivity contribution in [2.24, 2.45) is 5.73 Å². The lowest BCUT2D eigenvalue weighted by Crippen LogP contribution is -2.33. The molecular weight excluding hydrogens is 234 g/mol. The van der Waals surface area contributed by atoms with Gasteiger partial charge in [-0.3, -0.25) is 0 Å². The third-order valence-corrected chi connectivity index (χ3v) is 3.67. The number of fused-ring (bicyclic) bond motifs is 1. The Bertz CT molecular complexity index is 534. The molecule has 0 bridgehead atoms. The maximum absolute atomic E-state index is 6.12. The van der Waals surface area contributed by atoms with E-state index in [0.717, 1.165) is 12.8 Å². The van der Waals surface area contributed by atoms with E-state index in [1.807, 2.05) is 0 Å². The van der Waals surface area contributed by atoms with Gasteiger partial charge in [0.1, 0.15) is 0 Å². The van der Waals surface area contributed by atoms with E-state index in [0.29, 0.717) is 6.04 Å². The van der Waals surface area contributed by atoms with E-state index in [1.165, 1.54) is 16.5 Å². The zero-order valence-corrected chi connectivity index (χ0v) is 12.4. The number of aromatic amines is 1. The maximum atomic E-state index is 6.12. The first-order valence-corrected chi connectivity index (χ1v) is 6.90. The summed E-state index contributed by atoms with van der Waals surface area (Å²) in [5.74, 6) is 0. The number of hydrogen-bond donors (Lipinski definition) is 2. The van der Waals surface area contributed by atoms with Gasteiger partial charge in [0, 0.05) is 28.7 Å². The second-order valence-corrected chi connectivity index (χ2v) is 6.30. The molecule has 0 aliphatic carbocycles. The molecule has 3 N–H and O–H groups in total. The molecule has 1 unspecified atom stereocenters. The summed E-state index contributed by atoms with van der Waals surface area (Å²) in [5.41, 5.74) is 8.58. The van der Waals surface area contributed by atoms with Crippen molar-refractivity contribution in [1.29, 1.82) is 0 Å². The van der Waals surface area contributed by atoms with Crippen molar-refractivity contribution in [3.63, 3.8) is 0 Å². The van der Waals surface area contributed by atoms with E-state index in [2.05, 4.69) is 68.3 Å². The van der Waals surface area contributed by atoms with Crippen LogP contribution in [0.4, 0.5) is 0 Å². The van der Waals surface area contributed by atoms with E-state index >= 15 is 0 Å². The standard InChI is InChI=1S/C16H25N3/c1-16(2,17)10-9-15(19(3)4)13-11-18-14-8-6-5-7-12(13)14/h5-8,11,15,18H,9-10,17H2,1-4H3. The van der Waals surface area contributed by atoms with Gasteiger partial charge in [-0.2, -0.15) is 0 Å². The van der Waals surface area contributed by atoms with Crippen LogP contribution in [0, 0.1) is 0 Å². The van der Waals surface area contributed by atoms with Crippen LogP contribution in [0.15, 0.2) is 30.5 Å². The van der Waals surface area contributed by atoms with E-state index in [9.17, 15) is 0 Å². The largest absolute Gasteiger partial charge is 0.361 e. The van der Waals surface area contributed by atoms with Gasteiger partial charge in [0.15, 0.2) is 0 Å². The van der Waals surface area contributed by atoms with E-state index in [4.69, 9.17) is 5.73 Å². The quantitative estimate of drug-likeness (QED) is 0.865. The second-order valence-electron chi connectivity index (χ2n) is 6.30. The minimum atomic E-state index is -0.111. The minimum absolute atomic E-state index is 0.111. The van der Waals surface area contributed by atoms with Crippen molar-refractivity contribution in [1.82, 2.24) is 9.88 Å². The topological polar surface area (TPSA) is 45.0 Å². The SMILES string of the molecule is CN(C)C(CCC(C)(C)N)c1c[nH]c2ccccc12. The number of benzene rings is 1. The number of nitrogens with zero attached hydrogens (tertiary/aromatic N) is 1. The predicted molar refractivity (Wildman–Crippen MR) is 82.2 cm³/mol. The van der Waals surface area contributed by atoms with Crippen molar-refractivity contribution in [3.05, 3.63) is 36.0 Å². The van der Waals surface area contributed by atoms with Crippen LogP contribution < -0.4 is 5.73 Å². The first-order chi connectivity index (χ1) is 8.88. The van der Waals surface area contributed by atoms with Gasteiger partial charge in [0.25, 0.3) is 0 Å². The number of rotatable bonds is 5. The van der Waals surface area contributed by atoms with E-state index in [1.54, 1.807) is 0 Å². The van der Waals surface area contributed by atoms with Crippen molar-refractivity contribution in [3.8, 4) is 0 Å². The smallest absolute Gasteiger partial charge is 0.0457 e. The van der Waals surface area contributed by atoms with Gasteiger partial charge in [-0.1, -0.05) is 18.2 Å². The number of hydrogen-bond acceptors (Lipinski definition) is 2. The summed E-state index contributed by atoms with van der Waals surface area (Å²) >= 11 is 0. The van der Waals surface area contributed by atoms with Gasteiger partial charge >= 0.3 is 0 Å².